The highest BCUT2D eigenvalue weighted by molar-refractivity contribution is 5.80. The summed E-state index contributed by atoms with van der Waals surface area (Å²) in [6, 6.07) is 13.6. The van der Waals surface area contributed by atoms with Crippen LogP contribution in [-0.2, 0) is 13.2 Å². The Morgan fingerprint density at radius 1 is 1.32 bits per heavy atom. The molecule has 1 aliphatic rings. The quantitative estimate of drug-likeness (QED) is 0.642. The summed E-state index contributed by atoms with van der Waals surface area (Å²) in [5.74, 6) is 1.53. The molecule has 2 N–H and O–H groups in total. The Bertz CT molecular complexity index is 706. The number of aliphatic hydroxyl groups excluding tert-OH is 1. The van der Waals surface area contributed by atoms with Gasteiger partial charge in [0.1, 0.15) is 6.10 Å². The van der Waals surface area contributed by atoms with Gasteiger partial charge < -0.3 is 20.1 Å². The molecule has 3 rings (SSSR count). The lowest BCUT2D eigenvalue weighted by Gasteiger charge is -2.21. The molecule has 1 saturated heterocycles. The van der Waals surface area contributed by atoms with E-state index in [1.165, 1.54) is 0 Å². The first kappa shape index (κ1) is 17.2. The predicted molar refractivity (Wildman–Crippen MR) is 97.4 cm³/mol. The van der Waals surface area contributed by atoms with Crippen LogP contribution in [0, 0.1) is 0 Å². The fourth-order valence-corrected chi connectivity index (χ4v) is 2.96. The van der Waals surface area contributed by atoms with Gasteiger partial charge in [0.25, 0.3) is 0 Å². The van der Waals surface area contributed by atoms with Gasteiger partial charge in [-0.3, -0.25) is 4.99 Å². The first-order chi connectivity index (χ1) is 12.3. The zero-order chi connectivity index (χ0) is 17.5. The summed E-state index contributed by atoms with van der Waals surface area (Å²) in [4.78, 5) is 10.8. The van der Waals surface area contributed by atoms with Crippen molar-refractivity contribution in [2.24, 2.45) is 4.99 Å². The normalized spacial score (nSPS) is 17.6. The maximum atomic E-state index is 9.24. The van der Waals surface area contributed by atoms with E-state index in [2.05, 4.69) is 20.2 Å². The summed E-state index contributed by atoms with van der Waals surface area (Å²) < 4.78 is 5.93. The molecule has 0 saturated carbocycles. The molecular formula is C19H24N4O2. The number of pyridine rings is 1. The number of aromatic nitrogens is 1. The average Bonchev–Trinajstić information content (AvgIpc) is 3.11. The van der Waals surface area contributed by atoms with Gasteiger partial charge in [-0.1, -0.05) is 30.3 Å². The minimum absolute atomic E-state index is 0.0568. The van der Waals surface area contributed by atoms with Gasteiger partial charge in [-0.15, -0.1) is 0 Å². The van der Waals surface area contributed by atoms with Crippen molar-refractivity contribution >= 4 is 5.96 Å². The van der Waals surface area contributed by atoms with E-state index < -0.39 is 0 Å². The summed E-state index contributed by atoms with van der Waals surface area (Å²) in [5, 5.41) is 12.6. The first-order valence-electron chi connectivity index (χ1n) is 8.50. The molecule has 1 unspecified atom stereocenters. The summed E-state index contributed by atoms with van der Waals surface area (Å²) in [6.07, 6.45) is 2.80. The molecule has 1 fully saturated rings. The third-order valence-electron chi connectivity index (χ3n) is 4.21. The van der Waals surface area contributed by atoms with Crippen LogP contribution >= 0.6 is 0 Å². The largest absolute Gasteiger partial charge is 0.472 e. The number of hydrogen-bond acceptors (Lipinski definition) is 4. The van der Waals surface area contributed by atoms with E-state index in [4.69, 9.17) is 4.74 Å². The average molecular weight is 340 g/mol. The van der Waals surface area contributed by atoms with Crippen LogP contribution in [0.1, 0.15) is 17.5 Å². The fourth-order valence-electron chi connectivity index (χ4n) is 2.96. The van der Waals surface area contributed by atoms with Gasteiger partial charge in [-0.05, 0) is 17.2 Å². The molecule has 2 heterocycles. The highest BCUT2D eigenvalue weighted by atomic mass is 16.5. The first-order valence-corrected chi connectivity index (χ1v) is 8.50. The summed E-state index contributed by atoms with van der Waals surface area (Å²) >= 11 is 0. The van der Waals surface area contributed by atoms with Gasteiger partial charge in [0.2, 0.25) is 5.88 Å². The number of hydrogen-bond donors (Lipinski definition) is 2. The van der Waals surface area contributed by atoms with E-state index >= 15 is 0 Å². The second kappa shape index (κ2) is 8.48. The zero-order valence-corrected chi connectivity index (χ0v) is 14.4. The highest BCUT2D eigenvalue weighted by Crippen LogP contribution is 2.16. The Labute approximate surface area is 148 Å². The van der Waals surface area contributed by atoms with Crippen LogP contribution in [0.3, 0.4) is 0 Å². The topological polar surface area (TPSA) is 70.0 Å². The number of benzene rings is 1. The standard InChI is InChI=1S/C19H24N4O2/c1-20-19(22-12-15-5-4-6-16(11-15)14-24)23-10-8-17(13-23)25-18-7-2-3-9-21-18/h2-7,9,11,17,24H,8,10,12-14H2,1H3,(H,20,22). The Balaban J connectivity index is 1.53. The number of aliphatic hydroxyl groups is 1. The van der Waals surface area contributed by atoms with Gasteiger partial charge in [0.15, 0.2) is 5.96 Å². The van der Waals surface area contributed by atoms with E-state index in [1.807, 2.05) is 42.5 Å². The lowest BCUT2D eigenvalue weighted by molar-refractivity contribution is 0.205. The Kier molecular flexibility index (Phi) is 5.85. The SMILES string of the molecule is CN=C(NCc1cccc(CO)c1)N1CCC(Oc2ccccn2)C1. The van der Waals surface area contributed by atoms with Crippen molar-refractivity contribution in [3.63, 3.8) is 0 Å². The summed E-state index contributed by atoms with van der Waals surface area (Å²) in [7, 11) is 1.79. The number of guanidine groups is 1. The minimum Gasteiger partial charge on any atom is -0.472 e. The Morgan fingerprint density at radius 3 is 2.96 bits per heavy atom. The molecule has 1 aliphatic heterocycles. The van der Waals surface area contributed by atoms with Crippen molar-refractivity contribution in [2.45, 2.75) is 25.7 Å². The Morgan fingerprint density at radius 2 is 2.20 bits per heavy atom. The monoisotopic (exact) mass is 340 g/mol. The van der Waals surface area contributed by atoms with Crippen LogP contribution in [-0.4, -0.2) is 47.2 Å². The molecule has 2 aromatic rings. The van der Waals surface area contributed by atoms with Crippen molar-refractivity contribution in [3.05, 3.63) is 59.8 Å². The van der Waals surface area contributed by atoms with Crippen molar-refractivity contribution in [3.8, 4) is 5.88 Å². The number of nitrogens with zero attached hydrogens (tertiary/aromatic N) is 3. The molecule has 1 aromatic carbocycles. The third kappa shape index (κ3) is 4.70. The molecule has 25 heavy (non-hydrogen) atoms. The Hall–Kier alpha value is -2.60. The van der Waals surface area contributed by atoms with Crippen molar-refractivity contribution in [1.82, 2.24) is 15.2 Å². The van der Waals surface area contributed by atoms with E-state index in [-0.39, 0.29) is 12.7 Å². The van der Waals surface area contributed by atoms with Crippen molar-refractivity contribution < 1.29 is 9.84 Å². The van der Waals surface area contributed by atoms with Crippen LogP contribution in [0.25, 0.3) is 0 Å². The van der Waals surface area contributed by atoms with Crippen molar-refractivity contribution in [1.29, 1.82) is 0 Å². The molecule has 0 radical (unpaired) electrons. The number of likely N-dealkylation sites (tertiary alicyclic amines) is 1. The number of rotatable bonds is 5. The number of nitrogens with one attached hydrogen (secondary N) is 1. The van der Waals surface area contributed by atoms with Crippen LogP contribution in [0.4, 0.5) is 0 Å². The lowest BCUT2D eigenvalue weighted by atomic mass is 10.1. The highest BCUT2D eigenvalue weighted by Gasteiger charge is 2.26. The predicted octanol–water partition coefficient (Wildman–Crippen LogP) is 1.80. The van der Waals surface area contributed by atoms with Crippen LogP contribution < -0.4 is 10.1 Å². The fraction of sp³-hybridized carbons (Fsp3) is 0.368. The number of ether oxygens (including phenoxy) is 1. The lowest BCUT2D eigenvalue weighted by Crippen LogP contribution is -2.40. The summed E-state index contributed by atoms with van der Waals surface area (Å²) in [6.45, 7) is 2.41. The molecule has 6 nitrogen and oxygen atoms in total. The van der Waals surface area contributed by atoms with Gasteiger partial charge in [0, 0.05) is 38.8 Å². The van der Waals surface area contributed by atoms with Crippen LogP contribution in [0.5, 0.6) is 5.88 Å². The smallest absolute Gasteiger partial charge is 0.213 e. The molecule has 0 bridgehead atoms. The molecule has 1 atom stereocenters. The second-order valence-corrected chi connectivity index (χ2v) is 6.02. The van der Waals surface area contributed by atoms with E-state index in [0.717, 1.165) is 36.6 Å². The van der Waals surface area contributed by atoms with Crippen LogP contribution in [0.2, 0.25) is 0 Å². The van der Waals surface area contributed by atoms with Crippen LogP contribution in [0.15, 0.2) is 53.7 Å². The summed E-state index contributed by atoms with van der Waals surface area (Å²) in [5.41, 5.74) is 2.03. The zero-order valence-electron chi connectivity index (χ0n) is 14.4. The van der Waals surface area contributed by atoms with Gasteiger partial charge >= 0.3 is 0 Å². The molecular weight excluding hydrogens is 316 g/mol. The maximum absolute atomic E-state index is 9.24. The van der Waals surface area contributed by atoms with Crippen molar-refractivity contribution in [2.75, 3.05) is 20.1 Å². The maximum Gasteiger partial charge on any atom is 0.213 e. The van der Waals surface area contributed by atoms with E-state index in [1.54, 1.807) is 13.2 Å². The molecule has 0 amide bonds. The van der Waals surface area contributed by atoms with Gasteiger partial charge in [-0.2, -0.15) is 0 Å². The van der Waals surface area contributed by atoms with E-state index in [9.17, 15) is 5.11 Å². The molecule has 1 aromatic heterocycles. The minimum atomic E-state index is 0.0568. The van der Waals surface area contributed by atoms with Gasteiger partial charge in [-0.25, -0.2) is 4.98 Å². The number of aliphatic imine (C=N–C) groups is 1. The van der Waals surface area contributed by atoms with Gasteiger partial charge in [0.05, 0.1) is 13.2 Å². The second-order valence-electron chi connectivity index (χ2n) is 6.02. The van der Waals surface area contributed by atoms with E-state index in [0.29, 0.717) is 12.4 Å². The third-order valence-corrected chi connectivity index (χ3v) is 4.21. The molecule has 6 heteroatoms. The molecule has 132 valence electrons. The molecule has 0 aliphatic carbocycles. The molecule has 0 spiro atoms.